The number of hydrazone groups is 1. The van der Waals surface area contributed by atoms with Crippen molar-refractivity contribution in [2.45, 2.75) is 0 Å². The van der Waals surface area contributed by atoms with Crippen molar-refractivity contribution in [1.82, 2.24) is 5.43 Å². The largest absolute Gasteiger partial charge is 0.317 e. The fourth-order valence-corrected chi connectivity index (χ4v) is 2.98. The first-order valence-corrected chi connectivity index (χ1v) is 7.75. The summed E-state index contributed by atoms with van der Waals surface area (Å²) < 4.78 is 14.4. The van der Waals surface area contributed by atoms with Crippen LogP contribution < -0.4 is 10.3 Å². The van der Waals surface area contributed by atoms with Crippen LogP contribution in [0.4, 0.5) is 15.8 Å². The molecule has 0 fully saturated rings. The van der Waals surface area contributed by atoms with Gasteiger partial charge in [0.15, 0.2) is 5.84 Å². The van der Waals surface area contributed by atoms with E-state index in [-0.39, 0.29) is 36.0 Å². The molecular formula is C17H12FN5O3. The van der Waals surface area contributed by atoms with E-state index in [1.54, 1.807) is 23.1 Å². The molecule has 0 radical (unpaired) electrons. The summed E-state index contributed by atoms with van der Waals surface area (Å²) >= 11 is 0. The van der Waals surface area contributed by atoms with Crippen molar-refractivity contribution in [1.29, 1.82) is 0 Å². The zero-order valence-corrected chi connectivity index (χ0v) is 13.3. The van der Waals surface area contributed by atoms with Gasteiger partial charge >= 0.3 is 0 Å². The van der Waals surface area contributed by atoms with Gasteiger partial charge in [0.05, 0.1) is 22.9 Å². The summed E-state index contributed by atoms with van der Waals surface area (Å²) in [4.78, 5) is 28.5. The topological polar surface area (TPSA) is 100 Å². The number of carbonyl (C=O) groups is 1. The Morgan fingerprint density at radius 3 is 2.77 bits per heavy atom. The maximum absolute atomic E-state index is 14.4. The lowest BCUT2D eigenvalue weighted by molar-refractivity contribution is -0.384. The number of anilines is 1. The van der Waals surface area contributed by atoms with Gasteiger partial charge in [0.1, 0.15) is 12.4 Å². The lowest BCUT2D eigenvalue weighted by Crippen LogP contribution is -2.46. The number of halogens is 1. The van der Waals surface area contributed by atoms with Gasteiger partial charge in [0, 0.05) is 23.3 Å². The highest BCUT2D eigenvalue weighted by Gasteiger charge is 2.30. The standard InChI is InChI=1S/C17H12FN5O3/c18-13-4-2-1-3-11(13)17-12-7-10(23(25)26)5-6-14(12)22-9-16(24)21-20-15(22)8-19-17/h1-7H,8-9H2,(H,21,24). The molecule has 9 heteroatoms. The van der Waals surface area contributed by atoms with Crippen molar-refractivity contribution in [2.24, 2.45) is 10.1 Å². The molecule has 0 unspecified atom stereocenters. The van der Waals surface area contributed by atoms with Gasteiger partial charge in [-0.05, 0) is 18.2 Å². The van der Waals surface area contributed by atoms with E-state index < -0.39 is 10.7 Å². The summed E-state index contributed by atoms with van der Waals surface area (Å²) in [6.07, 6.45) is 0. The molecule has 1 amide bonds. The Hall–Kier alpha value is -3.62. The Morgan fingerprint density at radius 2 is 2.00 bits per heavy atom. The molecule has 26 heavy (non-hydrogen) atoms. The molecule has 1 N–H and O–H groups in total. The molecule has 2 aromatic rings. The number of nitrogens with zero attached hydrogens (tertiary/aromatic N) is 4. The zero-order valence-electron chi connectivity index (χ0n) is 13.3. The number of nitro groups is 1. The van der Waals surface area contributed by atoms with Crippen molar-refractivity contribution in [3.8, 4) is 0 Å². The molecule has 0 aliphatic carbocycles. The predicted molar refractivity (Wildman–Crippen MR) is 92.9 cm³/mol. The van der Waals surface area contributed by atoms with Gasteiger partial charge in [-0.3, -0.25) is 19.9 Å². The Morgan fingerprint density at radius 1 is 1.19 bits per heavy atom. The number of carbonyl (C=O) groups excluding carboxylic acids is 1. The van der Waals surface area contributed by atoms with Crippen LogP contribution in [0.1, 0.15) is 11.1 Å². The summed E-state index contributed by atoms with van der Waals surface area (Å²) in [7, 11) is 0. The third-order valence-electron chi connectivity index (χ3n) is 4.17. The normalized spacial score (nSPS) is 15.9. The summed E-state index contributed by atoms with van der Waals surface area (Å²) in [6.45, 7) is 0.107. The molecule has 2 aliphatic heterocycles. The SMILES string of the molecule is O=C1CN2C(=NN1)CN=C(c1ccccc1F)c1cc([N+](=O)[O-])ccc12. The summed E-state index contributed by atoms with van der Waals surface area (Å²) in [5, 5.41) is 15.2. The number of nitro benzene ring substituents is 1. The molecule has 0 bridgehead atoms. The number of aliphatic imine (C=N–C) groups is 1. The molecule has 0 saturated carbocycles. The first-order chi connectivity index (χ1) is 12.5. The molecule has 0 aromatic heterocycles. The first-order valence-electron chi connectivity index (χ1n) is 7.75. The van der Waals surface area contributed by atoms with Crippen molar-refractivity contribution < 1.29 is 14.1 Å². The van der Waals surface area contributed by atoms with Gasteiger partial charge in [0.2, 0.25) is 0 Å². The molecule has 0 saturated heterocycles. The number of amidine groups is 1. The van der Waals surface area contributed by atoms with Crippen LogP contribution >= 0.6 is 0 Å². The minimum Gasteiger partial charge on any atom is -0.317 e. The van der Waals surface area contributed by atoms with E-state index >= 15 is 0 Å². The third kappa shape index (κ3) is 2.59. The van der Waals surface area contributed by atoms with E-state index in [0.29, 0.717) is 17.1 Å². The van der Waals surface area contributed by atoms with Gasteiger partial charge in [0.25, 0.3) is 11.6 Å². The van der Waals surface area contributed by atoms with E-state index in [0.717, 1.165) is 0 Å². The van der Waals surface area contributed by atoms with E-state index in [9.17, 15) is 19.3 Å². The third-order valence-corrected chi connectivity index (χ3v) is 4.17. The molecule has 2 aliphatic rings. The second-order valence-electron chi connectivity index (χ2n) is 5.75. The molecule has 8 nitrogen and oxygen atoms in total. The Bertz CT molecular complexity index is 1000. The molecular weight excluding hydrogens is 341 g/mol. The van der Waals surface area contributed by atoms with E-state index in [4.69, 9.17) is 0 Å². The van der Waals surface area contributed by atoms with Gasteiger partial charge in [-0.2, -0.15) is 5.10 Å². The zero-order chi connectivity index (χ0) is 18.3. The van der Waals surface area contributed by atoms with Gasteiger partial charge in [-0.25, -0.2) is 9.82 Å². The summed E-state index contributed by atoms with van der Waals surface area (Å²) in [5.41, 5.74) is 3.66. The smallest absolute Gasteiger partial charge is 0.270 e. The number of nitrogens with one attached hydrogen (secondary N) is 1. The first kappa shape index (κ1) is 15.9. The van der Waals surface area contributed by atoms with Crippen LogP contribution in [-0.2, 0) is 4.79 Å². The second-order valence-corrected chi connectivity index (χ2v) is 5.75. The monoisotopic (exact) mass is 353 g/mol. The molecule has 130 valence electrons. The number of benzene rings is 2. The molecule has 2 heterocycles. The maximum Gasteiger partial charge on any atom is 0.270 e. The Kier molecular flexibility index (Phi) is 3.68. The van der Waals surface area contributed by atoms with E-state index in [1.165, 1.54) is 24.3 Å². The second kappa shape index (κ2) is 6.03. The van der Waals surface area contributed by atoms with Crippen LogP contribution in [0.25, 0.3) is 0 Å². The minimum atomic E-state index is -0.526. The van der Waals surface area contributed by atoms with Crippen LogP contribution in [0.2, 0.25) is 0 Å². The summed E-state index contributed by atoms with van der Waals surface area (Å²) in [5.74, 6) is -0.321. The van der Waals surface area contributed by atoms with Crippen molar-refractivity contribution in [3.05, 3.63) is 69.5 Å². The quantitative estimate of drug-likeness (QED) is 0.657. The number of hydrogen-bond acceptors (Lipinski definition) is 6. The fourth-order valence-electron chi connectivity index (χ4n) is 2.98. The number of fused-ring (bicyclic) bond motifs is 3. The van der Waals surface area contributed by atoms with Gasteiger partial charge in [-0.15, -0.1) is 0 Å². The number of amides is 1. The lowest BCUT2D eigenvalue weighted by Gasteiger charge is -2.27. The van der Waals surface area contributed by atoms with Crippen molar-refractivity contribution in [3.63, 3.8) is 0 Å². The van der Waals surface area contributed by atoms with Crippen LogP contribution in [0.3, 0.4) is 0 Å². The van der Waals surface area contributed by atoms with Crippen LogP contribution in [0, 0.1) is 15.9 Å². The van der Waals surface area contributed by atoms with Gasteiger partial charge < -0.3 is 4.90 Å². The Labute approximate surface area is 146 Å². The Balaban J connectivity index is 1.96. The maximum atomic E-state index is 14.4. The molecule has 0 spiro atoms. The minimum absolute atomic E-state index is 0.00369. The number of non-ortho nitro benzene ring substituents is 1. The average molecular weight is 353 g/mol. The van der Waals surface area contributed by atoms with Crippen LogP contribution in [0.15, 0.2) is 52.6 Å². The molecule has 0 atom stereocenters. The average Bonchev–Trinajstić information content (AvgIpc) is 2.78. The van der Waals surface area contributed by atoms with Crippen LogP contribution in [0.5, 0.6) is 0 Å². The predicted octanol–water partition coefficient (Wildman–Crippen LogP) is 1.83. The van der Waals surface area contributed by atoms with E-state index in [2.05, 4.69) is 15.5 Å². The highest BCUT2D eigenvalue weighted by Crippen LogP contribution is 2.31. The lowest BCUT2D eigenvalue weighted by atomic mass is 9.99. The molecule has 4 rings (SSSR count). The summed E-state index contributed by atoms with van der Waals surface area (Å²) in [6, 6.07) is 10.3. The number of rotatable bonds is 2. The molecule has 2 aromatic carbocycles. The van der Waals surface area contributed by atoms with Crippen LogP contribution in [-0.4, -0.2) is 35.5 Å². The highest BCUT2D eigenvalue weighted by atomic mass is 19.1. The highest BCUT2D eigenvalue weighted by molar-refractivity contribution is 6.21. The van der Waals surface area contributed by atoms with Crippen molar-refractivity contribution >= 4 is 28.8 Å². The van der Waals surface area contributed by atoms with Crippen molar-refractivity contribution in [2.75, 3.05) is 18.0 Å². The van der Waals surface area contributed by atoms with Gasteiger partial charge in [-0.1, -0.05) is 12.1 Å². The fraction of sp³-hybridized carbons (Fsp3) is 0.118. The number of hydrogen-bond donors (Lipinski definition) is 1. The van der Waals surface area contributed by atoms with E-state index in [1.807, 2.05) is 0 Å².